The van der Waals surface area contributed by atoms with E-state index in [1.807, 2.05) is 37.4 Å². The molecule has 1 atom stereocenters. The zero-order valence-corrected chi connectivity index (χ0v) is 14.7. The zero-order valence-electron chi connectivity index (χ0n) is 13.9. The van der Waals surface area contributed by atoms with E-state index in [0.717, 1.165) is 20.9 Å². The van der Waals surface area contributed by atoms with Gasteiger partial charge in [0.1, 0.15) is 0 Å². The summed E-state index contributed by atoms with van der Waals surface area (Å²) in [6.07, 6.45) is 1.45. The highest BCUT2D eigenvalue weighted by Gasteiger charge is 2.42. The minimum absolute atomic E-state index is 0.492. The van der Waals surface area contributed by atoms with Gasteiger partial charge in [0.2, 0.25) is 0 Å². The van der Waals surface area contributed by atoms with Crippen molar-refractivity contribution in [3.05, 3.63) is 51.7 Å². The second kappa shape index (κ2) is 6.98. The van der Waals surface area contributed by atoms with E-state index < -0.39 is 23.8 Å². The van der Waals surface area contributed by atoms with E-state index in [1.54, 1.807) is 23.5 Å². The molecule has 25 heavy (non-hydrogen) atoms. The molecule has 7 heteroatoms. The lowest BCUT2D eigenvalue weighted by Gasteiger charge is -2.29. The summed E-state index contributed by atoms with van der Waals surface area (Å²) in [5, 5.41) is 4.21. The SMILES string of the molecule is Cc1cccc(N2C(=O)NC(=O)C(C=[NH+]Cc3cccs3)C2=O)c1C. The molecular formula is C18H18N3O3S+. The summed E-state index contributed by atoms with van der Waals surface area (Å²) in [5.74, 6) is -2.23. The first kappa shape index (κ1) is 17.0. The molecule has 2 aromatic rings. The number of anilines is 1. The lowest BCUT2D eigenvalue weighted by molar-refractivity contribution is -0.470. The van der Waals surface area contributed by atoms with E-state index in [-0.39, 0.29) is 0 Å². The van der Waals surface area contributed by atoms with Gasteiger partial charge in [-0.25, -0.2) is 14.7 Å². The van der Waals surface area contributed by atoms with E-state index in [9.17, 15) is 14.4 Å². The Morgan fingerprint density at radius 2 is 2.00 bits per heavy atom. The number of hydrogen-bond donors (Lipinski definition) is 2. The maximum Gasteiger partial charge on any atom is 0.335 e. The molecule has 0 aliphatic carbocycles. The molecule has 2 N–H and O–H groups in total. The topological polar surface area (TPSA) is 80.5 Å². The maximum atomic E-state index is 12.8. The number of nitrogens with zero attached hydrogens (tertiary/aromatic N) is 1. The molecule has 1 aliphatic heterocycles. The van der Waals surface area contributed by atoms with Crippen LogP contribution in [0.1, 0.15) is 16.0 Å². The van der Waals surface area contributed by atoms with Crippen molar-refractivity contribution in [3.8, 4) is 0 Å². The molecule has 1 aromatic carbocycles. The highest BCUT2D eigenvalue weighted by Crippen LogP contribution is 2.25. The molecule has 3 rings (SSSR count). The van der Waals surface area contributed by atoms with Crippen LogP contribution in [0.3, 0.4) is 0 Å². The summed E-state index contributed by atoms with van der Waals surface area (Å²) in [5.41, 5.74) is 2.28. The second-order valence-electron chi connectivity index (χ2n) is 5.79. The van der Waals surface area contributed by atoms with Crippen LogP contribution >= 0.6 is 11.3 Å². The Balaban J connectivity index is 1.86. The standard InChI is InChI=1S/C18H17N3O3S/c1-11-5-3-7-15(12(11)2)21-17(23)14(16(22)20-18(21)24)10-19-9-13-6-4-8-25-13/h3-8,10,14H,9H2,1-2H3,(H,20,22,24)/p+1. The fourth-order valence-electron chi connectivity index (χ4n) is 2.63. The van der Waals surface area contributed by atoms with E-state index in [4.69, 9.17) is 0 Å². The molecule has 128 valence electrons. The Hall–Kier alpha value is -2.80. The predicted molar refractivity (Wildman–Crippen MR) is 95.5 cm³/mol. The lowest BCUT2D eigenvalue weighted by atomic mass is 10.0. The number of thiophene rings is 1. The number of imide groups is 2. The summed E-state index contributed by atoms with van der Waals surface area (Å²) in [6, 6.07) is 8.56. The van der Waals surface area contributed by atoms with Crippen LogP contribution in [-0.4, -0.2) is 24.1 Å². The first-order valence-corrected chi connectivity index (χ1v) is 8.71. The normalized spacial score (nSPS) is 18.1. The van der Waals surface area contributed by atoms with Crippen molar-refractivity contribution in [2.45, 2.75) is 20.4 Å². The van der Waals surface area contributed by atoms with Gasteiger partial charge in [0.25, 0.3) is 11.8 Å². The first-order chi connectivity index (χ1) is 12.0. The number of nitrogens with one attached hydrogen (secondary N) is 2. The molecule has 6 nitrogen and oxygen atoms in total. The van der Waals surface area contributed by atoms with Crippen molar-refractivity contribution >= 4 is 41.1 Å². The Morgan fingerprint density at radius 3 is 2.72 bits per heavy atom. The third kappa shape index (κ3) is 3.36. The minimum Gasteiger partial charge on any atom is -0.276 e. The van der Waals surface area contributed by atoms with Gasteiger partial charge in [-0.05, 0) is 42.5 Å². The van der Waals surface area contributed by atoms with Crippen LogP contribution in [0.4, 0.5) is 10.5 Å². The van der Waals surface area contributed by atoms with Gasteiger partial charge < -0.3 is 0 Å². The molecule has 0 saturated carbocycles. The summed E-state index contributed by atoms with van der Waals surface area (Å²) < 4.78 is 0. The van der Waals surface area contributed by atoms with Gasteiger partial charge in [0.05, 0.1) is 10.6 Å². The molecule has 1 aliphatic rings. The molecule has 0 bridgehead atoms. The number of aryl methyl sites for hydroxylation is 1. The number of carbonyl (C=O) groups is 3. The smallest absolute Gasteiger partial charge is 0.276 e. The number of rotatable bonds is 4. The molecule has 1 aromatic heterocycles. The first-order valence-electron chi connectivity index (χ1n) is 7.83. The Labute approximate surface area is 149 Å². The van der Waals surface area contributed by atoms with Crippen LogP contribution in [0.5, 0.6) is 0 Å². The average molecular weight is 356 g/mol. The van der Waals surface area contributed by atoms with Crippen LogP contribution in [0, 0.1) is 19.8 Å². The molecular weight excluding hydrogens is 338 g/mol. The largest absolute Gasteiger partial charge is 0.335 e. The third-order valence-corrected chi connectivity index (χ3v) is 5.04. The van der Waals surface area contributed by atoms with E-state index in [0.29, 0.717) is 12.2 Å². The maximum absolute atomic E-state index is 12.8. The van der Waals surface area contributed by atoms with Crippen LogP contribution in [-0.2, 0) is 16.1 Å². The summed E-state index contributed by atoms with van der Waals surface area (Å²) in [6.45, 7) is 4.27. The van der Waals surface area contributed by atoms with Crippen LogP contribution in [0.25, 0.3) is 0 Å². The van der Waals surface area contributed by atoms with Gasteiger partial charge in [-0.3, -0.25) is 14.9 Å². The van der Waals surface area contributed by atoms with Gasteiger partial charge in [-0.1, -0.05) is 18.2 Å². The van der Waals surface area contributed by atoms with Crippen molar-refractivity contribution in [2.75, 3.05) is 4.90 Å². The highest BCUT2D eigenvalue weighted by molar-refractivity contribution is 7.09. The summed E-state index contributed by atoms with van der Waals surface area (Å²) in [7, 11) is 0. The van der Waals surface area contributed by atoms with Crippen molar-refractivity contribution in [2.24, 2.45) is 5.92 Å². The molecule has 1 saturated heterocycles. The summed E-state index contributed by atoms with van der Waals surface area (Å²) in [4.78, 5) is 42.2. The van der Waals surface area contributed by atoms with Gasteiger partial charge in [0.15, 0.2) is 18.7 Å². The molecule has 1 fully saturated rings. The van der Waals surface area contributed by atoms with Gasteiger partial charge in [0, 0.05) is 0 Å². The monoisotopic (exact) mass is 356 g/mol. The van der Waals surface area contributed by atoms with Crippen LogP contribution in [0.15, 0.2) is 35.7 Å². The van der Waals surface area contributed by atoms with E-state index in [1.165, 1.54) is 6.21 Å². The van der Waals surface area contributed by atoms with Crippen molar-refractivity contribution in [3.63, 3.8) is 0 Å². The molecule has 0 radical (unpaired) electrons. The minimum atomic E-state index is -1.06. The Kier molecular flexibility index (Phi) is 4.76. The van der Waals surface area contributed by atoms with Crippen molar-refractivity contribution < 1.29 is 19.4 Å². The zero-order chi connectivity index (χ0) is 18.0. The molecule has 0 spiro atoms. The van der Waals surface area contributed by atoms with Crippen molar-refractivity contribution in [1.29, 1.82) is 0 Å². The van der Waals surface area contributed by atoms with E-state index in [2.05, 4.69) is 10.3 Å². The van der Waals surface area contributed by atoms with Gasteiger partial charge in [-0.15, -0.1) is 11.3 Å². The summed E-state index contributed by atoms with van der Waals surface area (Å²) >= 11 is 1.58. The second-order valence-corrected chi connectivity index (χ2v) is 6.82. The highest BCUT2D eigenvalue weighted by atomic mass is 32.1. The Morgan fingerprint density at radius 1 is 1.20 bits per heavy atom. The quantitative estimate of drug-likeness (QED) is 0.631. The van der Waals surface area contributed by atoms with Crippen LogP contribution < -0.4 is 15.2 Å². The number of carbonyl (C=O) groups excluding carboxylic acids is 3. The Bertz CT molecular complexity index is 858. The number of barbiturate groups is 1. The van der Waals surface area contributed by atoms with E-state index >= 15 is 0 Å². The van der Waals surface area contributed by atoms with Gasteiger partial charge in [-0.2, -0.15) is 0 Å². The third-order valence-electron chi connectivity index (χ3n) is 4.16. The molecule has 4 amide bonds. The number of hydrogen-bond acceptors (Lipinski definition) is 4. The number of benzene rings is 1. The van der Waals surface area contributed by atoms with Crippen LogP contribution in [0.2, 0.25) is 0 Å². The van der Waals surface area contributed by atoms with Gasteiger partial charge >= 0.3 is 6.03 Å². The molecule has 1 unspecified atom stereocenters. The fraction of sp³-hybridized carbons (Fsp3) is 0.222. The number of urea groups is 1. The van der Waals surface area contributed by atoms with Crippen molar-refractivity contribution in [1.82, 2.24) is 5.32 Å². The predicted octanol–water partition coefficient (Wildman–Crippen LogP) is 0.916. The fourth-order valence-corrected chi connectivity index (χ4v) is 3.29. The average Bonchev–Trinajstić information content (AvgIpc) is 3.07. The number of amides is 4. The molecule has 2 heterocycles. The lowest BCUT2D eigenvalue weighted by Crippen LogP contribution is -2.71.